The van der Waals surface area contributed by atoms with E-state index < -0.39 is 11.9 Å². The Kier molecular flexibility index (Phi) is 34.2. The van der Waals surface area contributed by atoms with E-state index in [-0.39, 0.29) is 0 Å². The van der Waals surface area contributed by atoms with Crippen LogP contribution in [-0.4, -0.2) is 103 Å². The maximum atomic E-state index is 10.8. The van der Waals surface area contributed by atoms with Gasteiger partial charge in [-0.15, -0.1) is 0 Å². The van der Waals surface area contributed by atoms with Crippen LogP contribution in [0, 0.1) is 6.92 Å². The first-order valence-corrected chi connectivity index (χ1v) is 46.8. The van der Waals surface area contributed by atoms with Crippen LogP contribution in [0.15, 0.2) is 279 Å². The first-order chi connectivity index (χ1) is 58.6. The van der Waals surface area contributed by atoms with Gasteiger partial charge in [-0.3, -0.25) is 9.59 Å². The maximum absolute atomic E-state index is 10.8. The van der Waals surface area contributed by atoms with E-state index in [2.05, 4.69) is 164 Å². The number of carbonyl (C=O) groups excluding carboxylic acids is 2. The van der Waals surface area contributed by atoms with Gasteiger partial charge in [0.25, 0.3) is 0 Å². The minimum absolute atomic E-state index is 0.505. The van der Waals surface area contributed by atoms with E-state index in [0.717, 1.165) is 176 Å². The van der Waals surface area contributed by atoms with Gasteiger partial charge in [-0.2, -0.15) is 0 Å². The number of hydrogen-bond donors (Lipinski definition) is 0. The molecule has 0 N–H and O–H groups in total. The van der Waals surface area contributed by atoms with Crippen molar-refractivity contribution in [3.05, 3.63) is 329 Å². The number of benzene rings is 12. The van der Waals surface area contributed by atoms with Crippen molar-refractivity contribution in [3.63, 3.8) is 0 Å². The van der Waals surface area contributed by atoms with Crippen molar-refractivity contribution >= 4 is 103 Å². The van der Waals surface area contributed by atoms with E-state index in [0.29, 0.717) is 72.0 Å². The zero-order valence-electron chi connectivity index (χ0n) is 70.3. The second kappa shape index (κ2) is 45.2. The average Bonchev–Trinajstić information content (AvgIpc) is 0.705. The van der Waals surface area contributed by atoms with Gasteiger partial charge in [-0.1, -0.05) is 48.9 Å². The van der Waals surface area contributed by atoms with Crippen LogP contribution in [0.5, 0.6) is 63.2 Å². The number of aryl methyl sites for hydroxylation is 1. The normalized spacial score (nSPS) is 11.9. The number of methoxy groups -OCH3 is 9. The quantitative estimate of drug-likeness (QED) is 0.0155. The number of rotatable bonds is 41. The summed E-state index contributed by atoms with van der Waals surface area (Å²) >= 11 is 17.1. The number of unbranched alkanes of at least 4 members (excludes halogenated alkanes) is 6. The molecule has 18 heteroatoms. The molecule has 0 aliphatic carbocycles. The summed E-state index contributed by atoms with van der Waals surface area (Å²) in [6.07, 6.45) is 18.8. The molecule has 0 bridgehead atoms. The van der Waals surface area contributed by atoms with Crippen molar-refractivity contribution in [3.8, 4) is 63.2 Å². The van der Waals surface area contributed by atoms with Gasteiger partial charge in [0.15, 0.2) is 34.5 Å². The van der Waals surface area contributed by atoms with Gasteiger partial charge in [-0.05, 0) is 135 Å². The molecule has 626 valence electrons. The van der Waals surface area contributed by atoms with E-state index in [4.69, 9.17) is 79.3 Å². The van der Waals surface area contributed by atoms with E-state index in [1.165, 1.54) is 0 Å². The Bertz CT molecular complexity index is 4860. The fourth-order valence-electron chi connectivity index (χ4n) is 14.8. The van der Waals surface area contributed by atoms with Gasteiger partial charge in [0, 0.05) is 36.0 Å². The monoisotopic (exact) mass is 1690 g/mol. The van der Waals surface area contributed by atoms with Crippen LogP contribution in [-0.2, 0) is 17.1 Å². The molecule has 0 saturated carbocycles. The van der Waals surface area contributed by atoms with Crippen molar-refractivity contribution in [1.29, 1.82) is 0 Å². The third-order valence-electron chi connectivity index (χ3n) is 21.2. The summed E-state index contributed by atoms with van der Waals surface area (Å²) in [5.41, 5.74) is 7.97. The van der Waals surface area contributed by atoms with E-state index >= 15 is 0 Å². The topological polar surface area (TPSA) is 145 Å². The molecule has 0 fully saturated rings. The molecule has 0 amide bonds. The molecular weight excluding hydrogens is 1580 g/mol. The third kappa shape index (κ3) is 22.4. The van der Waals surface area contributed by atoms with Crippen LogP contribution < -0.4 is 83.9 Å². The second-order valence-corrected chi connectivity index (χ2v) is 41.7. The summed E-state index contributed by atoms with van der Waals surface area (Å²) in [4.78, 5) is 21.6. The molecule has 14 nitrogen and oxygen atoms in total. The summed E-state index contributed by atoms with van der Waals surface area (Å²) in [6.45, 7) is 4.66. The number of carbonyl (C=O) groups is 2. The van der Waals surface area contributed by atoms with E-state index in [9.17, 15) is 9.59 Å². The third-order valence-corrected chi connectivity index (χ3v) is 35.5. The van der Waals surface area contributed by atoms with Crippen LogP contribution in [0.3, 0.4) is 0 Å². The van der Waals surface area contributed by atoms with Gasteiger partial charge >= 0.3 is 319 Å². The summed E-state index contributed by atoms with van der Waals surface area (Å²) < 4.78 is 68.2. The van der Waals surface area contributed by atoms with Crippen LogP contribution in [0.2, 0.25) is 0 Å². The summed E-state index contributed by atoms with van der Waals surface area (Å²) in [5.74, 6) is 0.303. The average molecular weight is 1690 g/mol. The van der Waals surface area contributed by atoms with Crippen LogP contribution in [0.1, 0.15) is 111 Å². The Morgan fingerprint density at radius 1 is 0.258 bits per heavy atom. The molecule has 0 aromatic heterocycles. The Labute approximate surface area is 718 Å². The first-order valence-electron chi connectivity index (χ1n) is 40.2. The van der Waals surface area contributed by atoms with Crippen LogP contribution in [0.25, 0.3) is 24.3 Å². The molecule has 0 aliphatic heterocycles. The zero-order chi connectivity index (χ0) is 85.1. The number of hydrogen-bond acceptors (Lipinski definition) is 14. The van der Waals surface area contributed by atoms with E-state index in [1.54, 1.807) is 100 Å². The summed E-state index contributed by atoms with van der Waals surface area (Å²) in [6, 6.07) is 93.7. The SMILES string of the molecule is COCCCCCCOc1ccc(/C=C/c2cc(OC)c(/C=C/c3ccc(C)c(OC)c3)cc2OC)cc1OC.COc1cc(C=O)ccc1OCCCCCCOc1ccc(C=O)cc1OC.COc1cc(CP(Cl)(c2ccccc2)(c2ccccc2)c2ccccc2)c(OC)cc1CP(Cl)(c1ccccc1)(c1ccccc1)c1ccccc1. The predicted molar refractivity (Wildman–Crippen MR) is 499 cm³/mol. The molecule has 0 radical (unpaired) electrons. The molecule has 0 spiro atoms. The van der Waals surface area contributed by atoms with Crippen LogP contribution in [0.4, 0.5) is 0 Å². The fourth-order valence-corrected chi connectivity index (χ4v) is 27.0. The molecule has 12 aromatic carbocycles. The molecule has 0 unspecified atom stereocenters. The minimum atomic E-state index is -3.70. The van der Waals surface area contributed by atoms with Gasteiger partial charge in [0.05, 0.1) is 62.5 Å². The molecule has 0 aliphatic rings. The van der Waals surface area contributed by atoms with Gasteiger partial charge in [0.2, 0.25) is 0 Å². The first kappa shape index (κ1) is 91.0. The molecule has 0 saturated heterocycles. The molecule has 0 heterocycles. The Morgan fingerprint density at radius 2 is 0.525 bits per heavy atom. The summed E-state index contributed by atoms with van der Waals surface area (Å²) in [7, 11) is 15.0. The standard InChI is InChI=1S/C46H42Cl2O2P2.C34H42O6.C22H26O6/c1-49-45-33-38(36-52(48,42-27-15-6-16-28-42,43-29-17-7-18-30-43)44-31-19-8-20-32-44)46(50-2)34-37(45)35-51(47,39-21-9-3-10-22-39,40-23-11-4-12-24-40)41-25-13-5-14-26-41;1-25-11-12-26(21-31(25)36-3)13-16-28-23-33(38-5)29(24-32(28)37-4)17-14-27-15-18-30(34(22-27)39-6)40-20-10-8-7-9-19-35-2;1-25-21-13-17(15-23)7-9-19(21)27-11-5-3-4-6-12-28-20-10-8-18(16-24)14-22(20)26-2/h3-34H,35-36H2,1-2H3;11-18,21-24H,7-10,19-20H2,1-6H3;7-10,13-16H,3-6,11-12H2,1-2H3/b;16-13+,17-14+;. The molecule has 12 rings (SSSR count). The van der Waals surface area contributed by atoms with Crippen LogP contribution >= 0.6 is 34.4 Å². The number of ether oxygens (including phenoxy) is 12. The van der Waals surface area contributed by atoms with E-state index in [1.807, 2.05) is 110 Å². The van der Waals surface area contributed by atoms with Crippen molar-refractivity contribution in [1.82, 2.24) is 0 Å². The van der Waals surface area contributed by atoms with Crippen molar-refractivity contribution in [2.75, 3.05) is 90.4 Å². The number of aldehydes is 2. The summed E-state index contributed by atoms with van der Waals surface area (Å²) in [5, 5.41) is 6.50. The molecule has 120 heavy (non-hydrogen) atoms. The second-order valence-electron chi connectivity index (χ2n) is 28.7. The Morgan fingerprint density at radius 3 is 0.808 bits per heavy atom. The molecular formula is C102H110Cl2O14P2. The van der Waals surface area contributed by atoms with Gasteiger partial charge in [-0.25, -0.2) is 0 Å². The fraction of sp³-hybridized carbons (Fsp3) is 0.235. The number of halogens is 2. The molecule has 12 aromatic rings. The van der Waals surface area contributed by atoms with Gasteiger partial charge < -0.3 is 47.4 Å². The van der Waals surface area contributed by atoms with Crippen molar-refractivity contribution < 1.29 is 66.4 Å². The van der Waals surface area contributed by atoms with Crippen molar-refractivity contribution in [2.24, 2.45) is 0 Å². The van der Waals surface area contributed by atoms with Crippen molar-refractivity contribution in [2.45, 2.75) is 70.6 Å². The van der Waals surface area contributed by atoms with Gasteiger partial charge in [0.1, 0.15) is 29.8 Å². The Balaban J connectivity index is 0.000000199. The Hall–Kier alpha value is -11.3. The molecule has 0 atom stereocenters. The predicted octanol–water partition coefficient (Wildman–Crippen LogP) is 22.4. The zero-order valence-corrected chi connectivity index (χ0v) is 73.6.